The molecule has 3 N–H and O–H groups in total. The first-order chi connectivity index (χ1) is 13.0. The van der Waals surface area contributed by atoms with Gasteiger partial charge in [-0.3, -0.25) is 4.79 Å². The van der Waals surface area contributed by atoms with Gasteiger partial charge < -0.3 is 6.15 Å². The molecule has 0 radical (unpaired) electrons. The first-order valence-electron chi connectivity index (χ1n) is 10.6. The van der Waals surface area contributed by atoms with Crippen LogP contribution >= 0.6 is 0 Å². The van der Waals surface area contributed by atoms with E-state index in [0.717, 1.165) is 31.2 Å². The highest BCUT2D eigenvalue weighted by Crippen LogP contribution is 2.21. The standard InChI is InChI=1S/C19H25FO.C5H12.C2H6.H3N/c1-4-8-18(16(3)21)10-7-5-6-9-15(2)17-11-13-19(20)14-12-17;1-5(2,3)4;1-2;/h4-5,7,11-15,18H,1,6,8-10H2,2-3H3;1-4H3;1-2H3;1H3/b7-5+;;;. The molecule has 0 aliphatic heterocycles. The van der Waals surface area contributed by atoms with Crippen molar-refractivity contribution in [1.29, 1.82) is 0 Å². The Morgan fingerprint density at radius 3 is 1.97 bits per heavy atom. The molecule has 0 aliphatic carbocycles. The van der Waals surface area contributed by atoms with Gasteiger partial charge in [0.05, 0.1) is 0 Å². The first-order valence-corrected chi connectivity index (χ1v) is 10.6. The Morgan fingerprint density at radius 2 is 1.55 bits per heavy atom. The van der Waals surface area contributed by atoms with Crippen LogP contribution in [0.3, 0.4) is 0 Å². The number of carbonyl (C=O) groups is 1. The second-order valence-corrected chi connectivity index (χ2v) is 8.57. The highest BCUT2D eigenvalue weighted by molar-refractivity contribution is 5.78. The van der Waals surface area contributed by atoms with E-state index in [0.29, 0.717) is 11.3 Å². The van der Waals surface area contributed by atoms with Gasteiger partial charge in [-0.15, -0.1) is 6.58 Å². The largest absolute Gasteiger partial charge is 0.344 e. The van der Waals surface area contributed by atoms with Crippen molar-refractivity contribution in [2.75, 3.05) is 0 Å². The van der Waals surface area contributed by atoms with E-state index in [2.05, 4.69) is 53.3 Å². The zero-order valence-corrected chi connectivity index (χ0v) is 20.2. The van der Waals surface area contributed by atoms with Gasteiger partial charge in [0.15, 0.2) is 0 Å². The second-order valence-electron chi connectivity index (χ2n) is 8.57. The van der Waals surface area contributed by atoms with E-state index in [-0.39, 0.29) is 23.7 Å². The maximum atomic E-state index is 12.9. The highest BCUT2D eigenvalue weighted by Gasteiger charge is 2.10. The van der Waals surface area contributed by atoms with Crippen molar-refractivity contribution in [3.05, 3.63) is 60.5 Å². The average molecular weight is 408 g/mol. The third-order valence-electron chi connectivity index (χ3n) is 3.82. The maximum absolute atomic E-state index is 12.9. The zero-order chi connectivity index (χ0) is 22.2. The van der Waals surface area contributed by atoms with Crippen molar-refractivity contribution in [2.24, 2.45) is 11.3 Å². The summed E-state index contributed by atoms with van der Waals surface area (Å²) in [7, 11) is 0. The lowest BCUT2D eigenvalue weighted by Crippen LogP contribution is -2.08. The maximum Gasteiger partial charge on any atom is 0.133 e. The number of carbonyl (C=O) groups excluding carboxylic acids is 1. The van der Waals surface area contributed by atoms with E-state index < -0.39 is 0 Å². The second kappa shape index (κ2) is 18.3. The molecule has 0 aromatic heterocycles. The first kappa shape index (κ1) is 31.9. The number of Topliss-reactive ketones (excluding diaryl/α,β-unsaturated/α-hetero) is 1. The summed E-state index contributed by atoms with van der Waals surface area (Å²) in [5.74, 6) is 0.503. The molecule has 0 saturated heterocycles. The van der Waals surface area contributed by atoms with Gasteiger partial charge in [-0.25, -0.2) is 4.39 Å². The third-order valence-corrected chi connectivity index (χ3v) is 3.82. The minimum absolute atomic E-state index is 0. The number of benzene rings is 1. The molecule has 2 unspecified atom stereocenters. The monoisotopic (exact) mass is 407 g/mol. The van der Waals surface area contributed by atoms with Gasteiger partial charge in [0.25, 0.3) is 0 Å². The molecule has 1 rings (SSSR count). The van der Waals surface area contributed by atoms with Gasteiger partial charge in [-0.05, 0) is 61.6 Å². The van der Waals surface area contributed by atoms with Gasteiger partial charge in [0.1, 0.15) is 11.6 Å². The molecule has 0 aliphatic rings. The molecule has 0 heterocycles. The molecule has 29 heavy (non-hydrogen) atoms. The van der Waals surface area contributed by atoms with Crippen LogP contribution < -0.4 is 6.15 Å². The Kier molecular flexibility index (Phi) is 20.2. The Labute approximate surface area is 180 Å². The van der Waals surface area contributed by atoms with Gasteiger partial charge in [0, 0.05) is 5.92 Å². The van der Waals surface area contributed by atoms with Gasteiger partial charge in [-0.2, -0.15) is 0 Å². The summed E-state index contributed by atoms with van der Waals surface area (Å²) in [5.41, 5.74) is 1.66. The van der Waals surface area contributed by atoms with Crippen LogP contribution in [0.5, 0.6) is 0 Å². The van der Waals surface area contributed by atoms with E-state index in [1.807, 2.05) is 26.0 Å². The summed E-state index contributed by atoms with van der Waals surface area (Å²) < 4.78 is 12.9. The molecule has 1 aromatic rings. The Balaban J connectivity index is -0.000000735. The van der Waals surface area contributed by atoms with Crippen molar-refractivity contribution in [3.63, 3.8) is 0 Å². The number of hydrogen-bond acceptors (Lipinski definition) is 2. The molecule has 0 saturated carbocycles. The van der Waals surface area contributed by atoms with Crippen LogP contribution in [0.4, 0.5) is 4.39 Å². The number of rotatable bonds is 9. The predicted molar refractivity (Wildman–Crippen MR) is 128 cm³/mol. The molecule has 0 amide bonds. The van der Waals surface area contributed by atoms with Crippen LogP contribution in [0, 0.1) is 17.2 Å². The van der Waals surface area contributed by atoms with Crippen LogP contribution in [0.15, 0.2) is 49.1 Å². The lowest BCUT2D eigenvalue weighted by atomic mass is 9.95. The topological polar surface area (TPSA) is 52.1 Å². The number of ketones is 1. The molecule has 0 bridgehead atoms. The lowest BCUT2D eigenvalue weighted by Gasteiger charge is -2.10. The molecule has 0 spiro atoms. The molecule has 168 valence electrons. The molecule has 0 fully saturated rings. The number of halogens is 1. The number of hydrogen-bond donors (Lipinski definition) is 1. The van der Waals surface area contributed by atoms with Crippen LogP contribution in [-0.2, 0) is 4.79 Å². The number of allylic oxidation sites excluding steroid dienone is 3. The van der Waals surface area contributed by atoms with Crippen molar-refractivity contribution >= 4 is 5.78 Å². The van der Waals surface area contributed by atoms with Crippen LogP contribution in [0.2, 0.25) is 0 Å². The molecular weight excluding hydrogens is 361 g/mol. The summed E-state index contributed by atoms with van der Waals surface area (Å²) in [4.78, 5) is 11.4. The average Bonchev–Trinajstić information content (AvgIpc) is 2.61. The summed E-state index contributed by atoms with van der Waals surface area (Å²) in [5, 5.41) is 0. The van der Waals surface area contributed by atoms with E-state index in [4.69, 9.17) is 0 Å². The highest BCUT2D eigenvalue weighted by atomic mass is 19.1. The van der Waals surface area contributed by atoms with Crippen molar-refractivity contribution < 1.29 is 9.18 Å². The minimum Gasteiger partial charge on any atom is -0.344 e. The molecular formula is C26H46FNO. The Bertz CT molecular complexity index is 549. The van der Waals surface area contributed by atoms with E-state index >= 15 is 0 Å². The van der Waals surface area contributed by atoms with E-state index in [1.54, 1.807) is 13.0 Å². The predicted octanol–water partition coefficient (Wildman–Crippen LogP) is 8.68. The fourth-order valence-electron chi connectivity index (χ4n) is 2.31. The van der Waals surface area contributed by atoms with Crippen molar-refractivity contribution in [2.45, 2.75) is 87.0 Å². The summed E-state index contributed by atoms with van der Waals surface area (Å²) in [6.45, 7) is 20.2. The van der Waals surface area contributed by atoms with Gasteiger partial charge in [0.2, 0.25) is 0 Å². The minimum atomic E-state index is -0.191. The summed E-state index contributed by atoms with van der Waals surface area (Å²) in [6.07, 6.45) is 9.55. The Morgan fingerprint density at radius 1 is 1.07 bits per heavy atom. The molecule has 1 aromatic carbocycles. The summed E-state index contributed by atoms with van der Waals surface area (Å²) in [6, 6.07) is 6.71. The third kappa shape index (κ3) is 20.8. The van der Waals surface area contributed by atoms with Crippen LogP contribution in [-0.4, -0.2) is 5.78 Å². The van der Waals surface area contributed by atoms with Crippen molar-refractivity contribution in [3.8, 4) is 0 Å². The molecule has 2 atom stereocenters. The van der Waals surface area contributed by atoms with Gasteiger partial charge >= 0.3 is 0 Å². The lowest BCUT2D eigenvalue weighted by molar-refractivity contribution is -0.120. The van der Waals surface area contributed by atoms with E-state index in [1.165, 1.54) is 12.1 Å². The normalized spacial score (nSPS) is 12.4. The Hall–Kier alpha value is -1.74. The zero-order valence-electron chi connectivity index (χ0n) is 20.2. The van der Waals surface area contributed by atoms with E-state index in [9.17, 15) is 9.18 Å². The summed E-state index contributed by atoms with van der Waals surface area (Å²) >= 11 is 0. The molecule has 3 heteroatoms. The fourth-order valence-corrected chi connectivity index (χ4v) is 2.31. The van der Waals surface area contributed by atoms with Crippen molar-refractivity contribution in [1.82, 2.24) is 6.15 Å². The quantitative estimate of drug-likeness (QED) is 0.416. The van der Waals surface area contributed by atoms with Crippen LogP contribution in [0.25, 0.3) is 0 Å². The molecule has 2 nitrogen and oxygen atoms in total. The SMILES string of the molecule is C=CCC(C/C=C/CCC(C)c1ccc(F)cc1)C(C)=O.CC.CC(C)(C)C.N. The smallest absolute Gasteiger partial charge is 0.133 e. The fraction of sp³-hybridized carbons (Fsp3) is 0.577. The van der Waals surface area contributed by atoms with Crippen LogP contribution in [0.1, 0.15) is 92.6 Å². The van der Waals surface area contributed by atoms with Gasteiger partial charge in [-0.1, -0.05) is 78.8 Å².